The zero-order valence-corrected chi connectivity index (χ0v) is 11.8. The van der Waals surface area contributed by atoms with Crippen LogP contribution in [0.5, 0.6) is 0 Å². The molecule has 2 nitrogen and oxygen atoms in total. The molecule has 1 aromatic rings. The van der Waals surface area contributed by atoms with E-state index < -0.39 is 41.1 Å². The van der Waals surface area contributed by atoms with Crippen LogP contribution in [0.15, 0.2) is 18.2 Å². The van der Waals surface area contributed by atoms with Crippen molar-refractivity contribution in [3.63, 3.8) is 0 Å². The van der Waals surface area contributed by atoms with Crippen LogP contribution in [-0.2, 0) is 17.1 Å². The second-order valence-corrected chi connectivity index (χ2v) is 5.60. The van der Waals surface area contributed by atoms with Gasteiger partial charge in [-0.15, -0.1) is 0 Å². The molecule has 0 spiro atoms. The Morgan fingerprint density at radius 3 is 1.91 bits per heavy atom. The molecular weight excluding hydrogens is 326 g/mol. The molecule has 128 valence electrons. The first-order chi connectivity index (χ1) is 10.5. The van der Waals surface area contributed by atoms with Crippen LogP contribution in [0.4, 0.5) is 26.3 Å². The number of carbonyl (C=O) groups is 1. The lowest BCUT2D eigenvalue weighted by Gasteiger charge is -2.26. The van der Waals surface area contributed by atoms with Crippen LogP contribution in [0.3, 0.4) is 0 Å². The number of hydrogen-bond acceptors (Lipinski definition) is 2. The summed E-state index contributed by atoms with van der Waals surface area (Å²) in [7, 11) is 0. The highest BCUT2D eigenvalue weighted by Crippen LogP contribution is 2.40. The van der Waals surface area contributed by atoms with Crippen molar-refractivity contribution >= 4 is 5.78 Å². The fraction of sp³-hybridized carbons (Fsp3) is 0.533. The van der Waals surface area contributed by atoms with Crippen molar-refractivity contribution < 1.29 is 36.2 Å². The van der Waals surface area contributed by atoms with Gasteiger partial charge < -0.3 is 5.11 Å². The number of alkyl halides is 6. The molecule has 0 aromatic heterocycles. The van der Waals surface area contributed by atoms with Gasteiger partial charge in [0.15, 0.2) is 0 Å². The Labute approximate surface area is 128 Å². The average molecular weight is 340 g/mol. The topological polar surface area (TPSA) is 37.3 Å². The monoisotopic (exact) mass is 340 g/mol. The van der Waals surface area contributed by atoms with Gasteiger partial charge in [-0.3, -0.25) is 4.79 Å². The highest BCUT2D eigenvalue weighted by Gasteiger charge is 2.39. The third kappa shape index (κ3) is 4.04. The number of Topliss-reactive ketones (excluding diaryl/α,β-unsaturated/α-hetero) is 1. The first-order valence-electron chi connectivity index (χ1n) is 7.00. The van der Waals surface area contributed by atoms with Gasteiger partial charge in [-0.05, 0) is 36.6 Å². The first-order valence-corrected chi connectivity index (χ1v) is 7.00. The van der Waals surface area contributed by atoms with Crippen molar-refractivity contribution in [1.82, 2.24) is 0 Å². The molecule has 1 N–H and O–H groups in total. The predicted molar refractivity (Wildman–Crippen MR) is 68.4 cm³/mol. The maximum absolute atomic E-state index is 12.8. The second kappa shape index (κ2) is 6.14. The van der Waals surface area contributed by atoms with Gasteiger partial charge in [0.1, 0.15) is 5.78 Å². The molecule has 1 aliphatic rings. The third-order valence-electron chi connectivity index (χ3n) is 3.93. The van der Waals surface area contributed by atoms with Gasteiger partial charge in [0.25, 0.3) is 0 Å². The van der Waals surface area contributed by atoms with Gasteiger partial charge in [-0.1, -0.05) is 6.42 Å². The largest absolute Gasteiger partial charge is 0.416 e. The van der Waals surface area contributed by atoms with E-state index in [9.17, 15) is 36.2 Å². The molecule has 23 heavy (non-hydrogen) atoms. The fourth-order valence-electron chi connectivity index (χ4n) is 2.73. The summed E-state index contributed by atoms with van der Waals surface area (Å²) in [6.45, 7) is 0. The SMILES string of the molecule is O=C1CCCC[C@H]1[C@@H](O)c1cc(C(F)(F)F)cc(C(F)(F)F)c1. The van der Waals surface area contributed by atoms with E-state index in [2.05, 4.69) is 0 Å². The van der Waals surface area contributed by atoms with Crippen LogP contribution in [0.25, 0.3) is 0 Å². The summed E-state index contributed by atoms with van der Waals surface area (Å²) in [5.74, 6) is -1.30. The zero-order chi connectivity index (χ0) is 17.4. The molecule has 0 bridgehead atoms. The maximum atomic E-state index is 12.8. The van der Waals surface area contributed by atoms with E-state index in [1.807, 2.05) is 0 Å². The van der Waals surface area contributed by atoms with Gasteiger partial charge in [0.2, 0.25) is 0 Å². The number of benzene rings is 1. The minimum absolute atomic E-state index is 0.00108. The van der Waals surface area contributed by atoms with Gasteiger partial charge in [0.05, 0.1) is 17.2 Å². The van der Waals surface area contributed by atoms with E-state index >= 15 is 0 Å². The highest BCUT2D eigenvalue weighted by molar-refractivity contribution is 5.82. The van der Waals surface area contributed by atoms with E-state index in [0.717, 1.165) is 0 Å². The van der Waals surface area contributed by atoms with E-state index in [1.165, 1.54) is 0 Å². The minimum atomic E-state index is -4.98. The number of hydrogen-bond donors (Lipinski definition) is 1. The molecule has 0 radical (unpaired) electrons. The quantitative estimate of drug-likeness (QED) is 0.804. The lowest BCUT2D eigenvalue weighted by molar-refractivity contribution is -0.143. The molecule has 0 heterocycles. The molecule has 1 aliphatic carbocycles. The van der Waals surface area contributed by atoms with E-state index in [-0.39, 0.29) is 24.7 Å². The highest BCUT2D eigenvalue weighted by atomic mass is 19.4. The van der Waals surface area contributed by atoms with Crippen molar-refractivity contribution in [2.24, 2.45) is 5.92 Å². The summed E-state index contributed by atoms with van der Waals surface area (Å²) < 4.78 is 76.8. The van der Waals surface area contributed by atoms with Crippen LogP contribution >= 0.6 is 0 Å². The number of rotatable bonds is 2. The molecule has 1 fully saturated rings. The molecule has 8 heteroatoms. The maximum Gasteiger partial charge on any atom is 0.416 e. The summed E-state index contributed by atoms with van der Waals surface area (Å²) in [6.07, 6.45) is -10.0. The molecule has 1 aromatic carbocycles. The number of aliphatic hydroxyl groups is 1. The lowest BCUT2D eigenvalue weighted by Crippen LogP contribution is -2.26. The number of aliphatic hydroxyl groups excluding tert-OH is 1. The predicted octanol–water partition coefficient (Wildman–Crippen LogP) is 4.52. The van der Waals surface area contributed by atoms with E-state index in [4.69, 9.17) is 0 Å². The van der Waals surface area contributed by atoms with E-state index in [0.29, 0.717) is 25.0 Å². The lowest BCUT2D eigenvalue weighted by atomic mass is 9.81. The Morgan fingerprint density at radius 2 is 1.48 bits per heavy atom. The molecule has 0 unspecified atom stereocenters. The Balaban J connectivity index is 2.46. The van der Waals surface area contributed by atoms with Gasteiger partial charge in [0, 0.05) is 12.3 Å². The standard InChI is InChI=1S/C15H14F6O2/c16-14(17,18)9-5-8(6-10(7-9)15(19,20)21)13(23)11-3-1-2-4-12(11)22/h5-7,11,13,23H,1-4H2/t11-,13+/m1/s1. The van der Waals surface area contributed by atoms with Crippen molar-refractivity contribution in [3.8, 4) is 0 Å². The Bertz CT molecular complexity index is 558. The van der Waals surface area contributed by atoms with Crippen LogP contribution in [0.2, 0.25) is 0 Å². The summed E-state index contributed by atoms with van der Waals surface area (Å²) >= 11 is 0. The smallest absolute Gasteiger partial charge is 0.388 e. The molecule has 2 atom stereocenters. The van der Waals surface area contributed by atoms with Crippen molar-refractivity contribution in [2.45, 2.75) is 44.1 Å². The summed E-state index contributed by atoms with van der Waals surface area (Å²) in [5.41, 5.74) is -3.53. The van der Waals surface area contributed by atoms with Crippen LogP contribution < -0.4 is 0 Å². The van der Waals surface area contributed by atoms with Crippen LogP contribution in [0.1, 0.15) is 48.5 Å². The molecule has 0 aliphatic heterocycles. The normalized spacial score (nSPS) is 21.3. The van der Waals surface area contributed by atoms with Gasteiger partial charge >= 0.3 is 12.4 Å². The van der Waals surface area contributed by atoms with E-state index in [1.54, 1.807) is 0 Å². The molecule has 0 saturated heterocycles. The number of carbonyl (C=O) groups excluding carboxylic acids is 1. The van der Waals surface area contributed by atoms with Crippen LogP contribution in [-0.4, -0.2) is 10.9 Å². The molecule has 0 amide bonds. The second-order valence-electron chi connectivity index (χ2n) is 5.60. The van der Waals surface area contributed by atoms with Crippen molar-refractivity contribution in [1.29, 1.82) is 0 Å². The Hall–Kier alpha value is -1.57. The Morgan fingerprint density at radius 1 is 0.957 bits per heavy atom. The first kappa shape index (κ1) is 17.8. The zero-order valence-electron chi connectivity index (χ0n) is 11.8. The number of halogens is 6. The molecule has 1 saturated carbocycles. The van der Waals surface area contributed by atoms with Crippen molar-refractivity contribution in [2.75, 3.05) is 0 Å². The summed E-state index contributed by atoms with van der Waals surface area (Å²) in [6, 6.07) is 0.947. The van der Waals surface area contributed by atoms with Crippen molar-refractivity contribution in [3.05, 3.63) is 34.9 Å². The average Bonchev–Trinajstić information content (AvgIpc) is 2.45. The number of ketones is 1. The third-order valence-corrected chi connectivity index (χ3v) is 3.93. The van der Waals surface area contributed by atoms with Crippen LogP contribution in [0, 0.1) is 5.92 Å². The van der Waals surface area contributed by atoms with Gasteiger partial charge in [-0.2, -0.15) is 26.3 Å². The summed E-state index contributed by atoms with van der Waals surface area (Å²) in [4.78, 5) is 11.8. The Kier molecular flexibility index (Phi) is 4.75. The molecule has 2 rings (SSSR count). The fourth-order valence-corrected chi connectivity index (χ4v) is 2.73. The van der Waals surface area contributed by atoms with Gasteiger partial charge in [-0.25, -0.2) is 0 Å². The molecular formula is C15H14F6O2. The summed E-state index contributed by atoms with van der Waals surface area (Å²) in [5, 5.41) is 10.1. The minimum Gasteiger partial charge on any atom is -0.388 e.